The molecule has 2 rings (SSSR count). The largest absolute Gasteiger partial charge is 0.301 e. The number of hydrogen-bond acceptors (Lipinski definition) is 2. The summed E-state index contributed by atoms with van der Waals surface area (Å²) in [5.74, 6) is -0.192. The lowest BCUT2D eigenvalue weighted by atomic mass is 10.1. The van der Waals surface area contributed by atoms with Crippen molar-refractivity contribution in [1.29, 1.82) is 0 Å². The first-order valence-corrected chi connectivity index (χ1v) is 7.96. The van der Waals surface area contributed by atoms with Crippen LogP contribution in [0.3, 0.4) is 0 Å². The minimum absolute atomic E-state index is 0.192. The van der Waals surface area contributed by atoms with Gasteiger partial charge in [0.05, 0.1) is 0 Å². The number of benzene rings is 1. The first-order chi connectivity index (χ1) is 9.70. The van der Waals surface area contributed by atoms with Crippen molar-refractivity contribution in [3.63, 3.8) is 0 Å². The van der Waals surface area contributed by atoms with Gasteiger partial charge in [-0.05, 0) is 25.1 Å². The summed E-state index contributed by atoms with van der Waals surface area (Å²) in [6, 6.07) is 4.91. The van der Waals surface area contributed by atoms with E-state index in [0.29, 0.717) is 17.1 Å². The van der Waals surface area contributed by atoms with E-state index in [4.69, 9.17) is 11.6 Å². The molecule has 4 heteroatoms. The molecule has 0 aliphatic carbocycles. The zero-order valence-corrected chi connectivity index (χ0v) is 13.0. The molecule has 0 spiro atoms. The molecule has 0 unspecified atom stereocenters. The lowest BCUT2D eigenvalue weighted by Crippen LogP contribution is -2.46. The number of halogens is 2. The summed E-state index contributed by atoms with van der Waals surface area (Å²) in [5, 5.41) is 0.537. The Morgan fingerprint density at radius 2 is 1.80 bits per heavy atom. The van der Waals surface area contributed by atoms with E-state index in [9.17, 15) is 4.39 Å². The van der Waals surface area contributed by atoms with Crippen molar-refractivity contribution in [2.45, 2.75) is 32.7 Å². The topological polar surface area (TPSA) is 6.48 Å². The Balaban J connectivity index is 1.80. The molecule has 0 bridgehead atoms. The van der Waals surface area contributed by atoms with Crippen LogP contribution in [0, 0.1) is 5.82 Å². The van der Waals surface area contributed by atoms with Crippen LogP contribution in [0.25, 0.3) is 0 Å². The monoisotopic (exact) mass is 298 g/mol. The Morgan fingerprint density at radius 3 is 2.45 bits per heavy atom. The van der Waals surface area contributed by atoms with Gasteiger partial charge in [0, 0.05) is 43.3 Å². The molecule has 2 nitrogen and oxygen atoms in total. The molecule has 0 radical (unpaired) electrons. The highest BCUT2D eigenvalue weighted by Gasteiger charge is 2.18. The second-order valence-electron chi connectivity index (χ2n) is 5.53. The fourth-order valence-electron chi connectivity index (χ4n) is 2.66. The maximum absolute atomic E-state index is 13.8. The fourth-order valence-corrected chi connectivity index (χ4v) is 2.89. The van der Waals surface area contributed by atoms with Crippen LogP contribution in [0.4, 0.5) is 4.39 Å². The van der Waals surface area contributed by atoms with Gasteiger partial charge in [0.2, 0.25) is 0 Å². The summed E-state index contributed by atoms with van der Waals surface area (Å²) in [4.78, 5) is 4.80. The zero-order chi connectivity index (χ0) is 14.4. The lowest BCUT2D eigenvalue weighted by molar-refractivity contribution is 0.124. The average molecular weight is 299 g/mol. The second kappa shape index (κ2) is 7.96. The Labute approximate surface area is 126 Å². The highest BCUT2D eigenvalue weighted by Crippen LogP contribution is 2.21. The molecule has 0 amide bonds. The first kappa shape index (κ1) is 15.7. The molecule has 0 atom stereocenters. The van der Waals surface area contributed by atoms with Gasteiger partial charge in [0.25, 0.3) is 0 Å². The van der Waals surface area contributed by atoms with Crippen molar-refractivity contribution in [3.8, 4) is 0 Å². The summed E-state index contributed by atoms with van der Waals surface area (Å²) >= 11 is 6.08. The van der Waals surface area contributed by atoms with Gasteiger partial charge in [-0.25, -0.2) is 4.39 Å². The van der Waals surface area contributed by atoms with Crippen LogP contribution in [0.1, 0.15) is 31.7 Å². The number of hydrogen-bond donors (Lipinski definition) is 0. The van der Waals surface area contributed by atoms with Crippen molar-refractivity contribution in [3.05, 3.63) is 34.6 Å². The Hall–Kier alpha value is -0.640. The number of piperazine rings is 1. The second-order valence-corrected chi connectivity index (χ2v) is 5.93. The zero-order valence-electron chi connectivity index (χ0n) is 12.2. The molecule has 1 fully saturated rings. The van der Waals surface area contributed by atoms with Crippen molar-refractivity contribution in [2.24, 2.45) is 0 Å². The maximum Gasteiger partial charge on any atom is 0.129 e. The third-order valence-electron chi connectivity index (χ3n) is 3.99. The average Bonchev–Trinajstić information content (AvgIpc) is 2.45. The van der Waals surface area contributed by atoms with E-state index in [1.165, 1.54) is 31.9 Å². The minimum Gasteiger partial charge on any atom is -0.301 e. The normalized spacial score (nSPS) is 17.6. The van der Waals surface area contributed by atoms with E-state index in [0.717, 1.165) is 26.2 Å². The minimum atomic E-state index is -0.192. The van der Waals surface area contributed by atoms with Crippen molar-refractivity contribution in [2.75, 3.05) is 32.7 Å². The smallest absolute Gasteiger partial charge is 0.129 e. The van der Waals surface area contributed by atoms with E-state index in [2.05, 4.69) is 16.7 Å². The van der Waals surface area contributed by atoms with E-state index < -0.39 is 0 Å². The summed E-state index contributed by atoms with van der Waals surface area (Å²) in [7, 11) is 0. The van der Waals surface area contributed by atoms with Gasteiger partial charge >= 0.3 is 0 Å². The van der Waals surface area contributed by atoms with Gasteiger partial charge in [-0.3, -0.25) is 4.90 Å². The molecule has 0 saturated carbocycles. The molecule has 1 heterocycles. The SMILES string of the molecule is CCCCCN1CCN(Cc2c(F)cccc2Cl)CC1. The summed E-state index contributed by atoms with van der Waals surface area (Å²) < 4.78 is 13.8. The molecular weight excluding hydrogens is 275 g/mol. The molecular formula is C16H24ClFN2. The van der Waals surface area contributed by atoms with Crippen LogP contribution in [0.5, 0.6) is 0 Å². The number of nitrogens with zero attached hydrogens (tertiary/aromatic N) is 2. The Kier molecular flexibility index (Phi) is 6.27. The van der Waals surface area contributed by atoms with Crippen LogP contribution < -0.4 is 0 Å². The molecule has 1 aromatic carbocycles. The quantitative estimate of drug-likeness (QED) is 0.737. The van der Waals surface area contributed by atoms with Crippen molar-refractivity contribution < 1.29 is 4.39 Å². The van der Waals surface area contributed by atoms with Crippen molar-refractivity contribution in [1.82, 2.24) is 9.80 Å². The lowest BCUT2D eigenvalue weighted by Gasteiger charge is -2.34. The highest BCUT2D eigenvalue weighted by molar-refractivity contribution is 6.31. The molecule has 1 aliphatic heterocycles. The van der Waals surface area contributed by atoms with E-state index in [1.807, 2.05) is 0 Å². The standard InChI is InChI=1S/C16H24ClFN2/c1-2-3-4-8-19-9-11-20(12-10-19)13-14-15(17)6-5-7-16(14)18/h5-7H,2-4,8-13H2,1H3. The predicted octanol–water partition coefficient (Wildman–Crippen LogP) is 3.79. The van der Waals surface area contributed by atoms with Crippen LogP contribution in [0.2, 0.25) is 5.02 Å². The van der Waals surface area contributed by atoms with E-state index in [-0.39, 0.29) is 5.82 Å². The third kappa shape index (κ3) is 4.44. The van der Waals surface area contributed by atoms with Gasteiger partial charge in [-0.15, -0.1) is 0 Å². The molecule has 20 heavy (non-hydrogen) atoms. The van der Waals surface area contributed by atoms with Crippen LogP contribution in [0.15, 0.2) is 18.2 Å². The van der Waals surface area contributed by atoms with Crippen LogP contribution in [-0.2, 0) is 6.54 Å². The molecule has 1 saturated heterocycles. The Bertz CT molecular complexity index is 397. The van der Waals surface area contributed by atoms with Crippen LogP contribution >= 0.6 is 11.6 Å². The molecule has 1 aromatic rings. The Morgan fingerprint density at radius 1 is 1.10 bits per heavy atom. The van der Waals surface area contributed by atoms with Gasteiger partial charge in [0.1, 0.15) is 5.82 Å². The molecule has 112 valence electrons. The van der Waals surface area contributed by atoms with Gasteiger partial charge in [-0.2, -0.15) is 0 Å². The first-order valence-electron chi connectivity index (χ1n) is 7.58. The molecule has 0 aromatic heterocycles. The molecule has 1 aliphatic rings. The summed E-state index contributed by atoms with van der Waals surface area (Å²) in [6.45, 7) is 8.20. The number of rotatable bonds is 6. The van der Waals surface area contributed by atoms with Gasteiger partial charge in [-0.1, -0.05) is 37.4 Å². The summed E-state index contributed by atoms with van der Waals surface area (Å²) in [5.41, 5.74) is 0.633. The third-order valence-corrected chi connectivity index (χ3v) is 4.34. The van der Waals surface area contributed by atoms with E-state index in [1.54, 1.807) is 12.1 Å². The molecule has 0 N–H and O–H groups in total. The fraction of sp³-hybridized carbons (Fsp3) is 0.625. The summed E-state index contributed by atoms with van der Waals surface area (Å²) in [6.07, 6.45) is 3.87. The highest BCUT2D eigenvalue weighted by atomic mass is 35.5. The van der Waals surface area contributed by atoms with Gasteiger partial charge in [0.15, 0.2) is 0 Å². The number of unbranched alkanes of at least 4 members (excludes halogenated alkanes) is 2. The van der Waals surface area contributed by atoms with Crippen molar-refractivity contribution >= 4 is 11.6 Å². The predicted molar refractivity (Wildman–Crippen MR) is 82.7 cm³/mol. The van der Waals surface area contributed by atoms with E-state index >= 15 is 0 Å². The van der Waals surface area contributed by atoms with Crippen LogP contribution in [-0.4, -0.2) is 42.5 Å². The van der Waals surface area contributed by atoms with Gasteiger partial charge < -0.3 is 4.90 Å². The maximum atomic E-state index is 13.8.